The fourth-order valence-electron chi connectivity index (χ4n) is 5.35. The number of aliphatic hydroxyl groups is 1. The average molecular weight is 519 g/mol. The molecule has 0 saturated carbocycles. The van der Waals surface area contributed by atoms with Crippen molar-refractivity contribution >= 4 is 22.8 Å². The zero-order valence-corrected chi connectivity index (χ0v) is 21.2. The number of carbonyl (C=O) groups excluding carboxylic acids is 1. The van der Waals surface area contributed by atoms with Crippen molar-refractivity contribution in [2.24, 2.45) is 0 Å². The molecule has 4 aliphatic rings. The van der Waals surface area contributed by atoms with Crippen LogP contribution in [0, 0.1) is 0 Å². The van der Waals surface area contributed by atoms with Crippen molar-refractivity contribution in [3.8, 4) is 5.75 Å². The van der Waals surface area contributed by atoms with Crippen LogP contribution in [-0.4, -0.2) is 64.5 Å². The van der Waals surface area contributed by atoms with Crippen LogP contribution in [0.1, 0.15) is 32.1 Å². The van der Waals surface area contributed by atoms with Gasteiger partial charge in [0.1, 0.15) is 30.3 Å². The quantitative estimate of drug-likeness (QED) is 0.604. The van der Waals surface area contributed by atoms with Crippen molar-refractivity contribution in [1.29, 1.82) is 0 Å². The summed E-state index contributed by atoms with van der Waals surface area (Å²) < 4.78 is 22.5. The van der Waals surface area contributed by atoms with Gasteiger partial charge in [0.15, 0.2) is 12.0 Å². The number of carbonyl (C=O) groups is 1. The topological polar surface area (TPSA) is 106 Å². The van der Waals surface area contributed by atoms with Gasteiger partial charge in [0, 0.05) is 24.9 Å². The van der Waals surface area contributed by atoms with E-state index < -0.39 is 17.8 Å². The van der Waals surface area contributed by atoms with Gasteiger partial charge in [-0.1, -0.05) is 18.2 Å². The maximum atomic E-state index is 12.7. The van der Waals surface area contributed by atoms with Crippen LogP contribution >= 0.6 is 0 Å². The molecule has 1 atom stereocenters. The van der Waals surface area contributed by atoms with Crippen LogP contribution in [0.15, 0.2) is 72.5 Å². The minimum atomic E-state index is -0.958. The second-order valence-corrected chi connectivity index (χ2v) is 9.95. The van der Waals surface area contributed by atoms with E-state index in [1.54, 1.807) is 19.7 Å². The van der Waals surface area contributed by atoms with Crippen LogP contribution in [0.25, 0.3) is 10.9 Å². The van der Waals surface area contributed by atoms with E-state index in [0.717, 1.165) is 40.9 Å². The number of piperidine rings is 1. The number of nitrogens with zero attached hydrogens (tertiary/aromatic N) is 4. The summed E-state index contributed by atoms with van der Waals surface area (Å²) in [6.45, 7) is 1.51. The molecule has 2 fully saturated rings. The van der Waals surface area contributed by atoms with Crippen molar-refractivity contribution in [2.45, 2.75) is 43.8 Å². The second kappa shape index (κ2) is 10.0. The van der Waals surface area contributed by atoms with Crippen LogP contribution in [-0.2, 0) is 14.2 Å². The van der Waals surface area contributed by atoms with Crippen molar-refractivity contribution in [1.82, 2.24) is 14.9 Å². The maximum Gasteiger partial charge on any atom is 0.417 e. The maximum absolute atomic E-state index is 12.7. The predicted octanol–water partition coefficient (Wildman–Crippen LogP) is 4.14. The molecule has 2 aromatic rings. The molecule has 6 rings (SSSR count). The summed E-state index contributed by atoms with van der Waals surface area (Å²) in [5, 5.41) is 12.3. The fraction of sp³-hybridized carbons (Fsp3) is 0.393. The van der Waals surface area contributed by atoms with Gasteiger partial charge in [-0.25, -0.2) is 19.7 Å². The van der Waals surface area contributed by atoms with E-state index >= 15 is 0 Å². The summed E-state index contributed by atoms with van der Waals surface area (Å²) in [5.41, 5.74) is 0.894. The van der Waals surface area contributed by atoms with E-state index in [9.17, 15) is 9.90 Å². The molecule has 10 heteroatoms. The number of rotatable bonds is 6. The lowest BCUT2D eigenvalue weighted by Crippen LogP contribution is -2.47. The van der Waals surface area contributed by atoms with Gasteiger partial charge in [0.05, 0.1) is 24.8 Å². The van der Waals surface area contributed by atoms with E-state index in [1.165, 1.54) is 11.2 Å². The van der Waals surface area contributed by atoms with Crippen molar-refractivity contribution in [2.75, 3.05) is 31.6 Å². The lowest BCUT2D eigenvalue weighted by atomic mass is 9.86. The van der Waals surface area contributed by atoms with Gasteiger partial charge >= 0.3 is 6.09 Å². The molecule has 2 saturated heterocycles. The Morgan fingerprint density at radius 2 is 2.08 bits per heavy atom. The highest BCUT2D eigenvalue weighted by Gasteiger charge is 2.42. The highest BCUT2D eigenvalue weighted by molar-refractivity contribution is 5.90. The van der Waals surface area contributed by atoms with Gasteiger partial charge in [-0.3, -0.25) is 0 Å². The van der Waals surface area contributed by atoms with Gasteiger partial charge in [-0.15, -0.1) is 0 Å². The summed E-state index contributed by atoms with van der Waals surface area (Å²) in [6, 6.07) is 5.73. The number of fused-ring (bicyclic) bond motifs is 1. The first-order valence-electron chi connectivity index (χ1n) is 12.9. The molecule has 0 unspecified atom stereocenters. The number of anilines is 1. The Morgan fingerprint density at radius 1 is 1.21 bits per heavy atom. The van der Waals surface area contributed by atoms with E-state index in [4.69, 9.17) is 18.9 Å². The number of hydrogen-bond donors (Lipinski definition) is 1. The van der Waals surface area contributed by atoms with Crippen LogP contribution in [0.4, 0.5) is 10.6 Å². The predicted molar refractivity (Wildman–Crippen MR) is 139 cm³/mol. The number of aromatic nitrogens is 2. The van der Waals surface area contributed by atoms with Crippen molar-refractivity contribution < 1.29 is 28.8 Å². The Balaban J connectivity index is 1.08. The Hall–Kier alpha value is -4.05. The third-order valence-corrected chi connectivity index (χ3v) is 7.45. The zero-order valence-electron chi connectivity index (χ0n) is 21.2. The van der Waals surface area contributed by atoms with Crippen molar-refractivity contribution in [3.63, 3.8) is 0 Å². The molecule has 3 aliphatic heterocycles. The fourth-order valence-corrected chi connectivity index (χ4v) is 5.35. The number of hydrogen-bond acceptors (Lipinski definition) is 9. The summed E-state index contributed by atoms with van der Waals surface area (Å²) in [6.07, 6.45) is 12.7. The molecular formula is C28H30N4O6. The number of amides is 1. The molecule has 38 heavy (non-hydrogen) atoms. The minimum Gasteiger partial charge on any atom is -0.497 e. The first-order chi connectivity index (χ1) is 18.5. The van der Waals surface area contributed by atoms with Gasteiger partial charge in [-0.2, -0.15) is 0 Å². The SMILES string of the molecule is COc1ccc2ncnc(N3CCC(O)(C[C@@H]4CN(C5=COC=C(C6=CC=CCC6)O5)C(=O)O4)CC3)c2c1. The Kier molecular flexibility index (Phi) is 6.40. The highest BCUT2D eigenvalue weighted by Crippen LogP contribution is 2.36. The second-order valence-electron chi connectivity index (χ2n) is 9.95. The largest absolute Gasteiger partial charge is 0.497 e. The smallest absolute Gasteiger partial charge is 0.417 e. The standard InChI is InChI=1S/C28H30N4O6/c1-35-20-7-8-23-22(13-20)26(30-18-29-23)31-11-9-28(34,10-12-31)14-21-15-32(27(33)37-21)25-17-36-16-24(38-25)19-5-3-2-4-6-19/h2-3,5,7-8,13,16-18,21,34H,4,6,9-12,14-15H2,1H3/t21-/m1/s1. The average Bonchev–Trinajstić information content (AvgIpc) is 3.32. The number of allylic oxidation sites excluding steroid dienone is 4. The molecule has 0 radical (unpaired) electrons. The molecule has 4 heterocycles. The summed E-state index contributed by atoms with van der Waals surface area (Å²) in [5.74, 6) is 2.44. The Morgan fingerprint density at radius 3 is 2.87 bits per heavy atom. The van der Waals surface area contributed by atoms with Crippen molar-refractivity contribution in [3.05, 3.63) is 72.5 Å². The molecule has 1 amide bonds. The number of methoxy groups -OCH3 is 1. The summed E-state index contributed by atoms with van der Waals surface area (Å²) in [7, 11) is 1.63. The van der Waals surface area contributed by atoms with Crippen LogP contribution in [0.5, 0.6) is 5.75 Å². The third-order valence-electron chi connectivity index (χ3n) is 7.45. The number of cyclic esters (lactones) is 1. The molecule has 0 bridgehead atoms. The first-order valence-corrected chi connectivity index (χ1v) is 12.9. The van der Waals surface area contributed by atoms with E-state index in [-0.39, 0.29) is 6.54 Å². The van der Waals surface area contributed by atoms with E-state index in [1.807, 2.05) is 30.4 Å². The molecular weight excluding hydrogens is 488 g/mol. The summed E-state index contributed by atoms with van der Waals surface area (Å²) >= 11 is 0. The molecule has 1 N–H and O–H groups in total. The van der Waals surface area contributed by atoms with E-state index in [0.29, 0.717) is 44.0 Å². The molecule has 1 aromatic carbocycles. The van der Waals surface area contributed by atoms with Crippen LogP contribution in [0.3, 0.4) is 0 Å². The Labute approximate surface area is 220 Å². The van der Waals surface area contributed by atoms with Crippen LogP contribution < -0.4 is 9.64 Å². The normalized spacial score (nSPS) is 22.7. The van der Waals surface area contributed by atoms with Gasteiger partial charge in [0.2, 0.25) is 5.88 Å². The molecule has 10 nitrogen and oxygen atoms in total. The van der Waals surface area contributed by atoms with Gasteiger partial charge < -0.3 is 29.0 Å². The monoisotopic (exact) mass is 518 g/mol. The Bertz CT molecular complexity index is 1360. The van der Waals surface area contributed by atoms with Gasteiger partial charge in [-0.05, 0) is 49.5 Å². The van der Waals surface area contributed by atoms with Gasteiger partial charge in [0.25, 0.3) is 0 Å². The highest BCUT2D eigenvalue weighted by atomic mass is 16.6. The van der Waals surface area contributed by atoms with Crippen LogP contribution in [0.2, 0.25) is 0 Å². The lowest BCUT2D eigenvalue weighted by Gasteiger charge is -2.39. The molecule has 1 aliphatic carbocycles. The number of benzene rings is 1. The molecule has 198 valence electrons. The molecule has 0 spiro atoms. The lowest BCUT2D eigenvalue weighted by molar-refractivity contribution is -0.0222. The summed E-state index contributed by atoms with van der Waals surface area (Å²) in [4.78, 5) is 25.2. The van der Waals surface area contributed by atoms with E-state index in [2.05, 4.69) is 20.9 Å². The first kappa shape index (κ1) is 24.3. The zero-order chi connectivity index (χ0) is 26.1. The third kappa shape index (κ3) is 4.79. The minimum absolute atomic E-state index is 0.280. The molecule has 1 aromatic heterocycles. The number of ether oxygens (including phenoxy) is 4.